The molecule has 0 radical (unpaired) electrons. The number of phenolic OH excluding ortho intramolecular Hbond substituents is 2. The van der Waals surface area contributed by atoms with Crippen molar-refractivity contribution >= 4 is 23.2 Å². The third kappa shape index (κ3) is 3.78. The number of amides is 1. The van der Waals surface area contributed by atoms with Gasteiger partial charge in [0.2, 0.25) is 5.78 Å². The standard InChI is InChI=1S/C29H26N2O8/c1-31(2)23-18-12-15-11-17-14(7-6-13-4-3-5-16(32)10-13)8-9-19(33)21(17)24(34)20(15)26(36)29(18,39)27(37)22(25(23)35)28(30)38/h3-5,8-10,15,18,23,32-34,37,39H,11-12H2,1-2H3,(H2,30,38)/t15-,18-,23-,29-/m0/s1. The summed E-state index contributed by atoms with van der Waals surface area (Å²) in [5.41, 5.74) is 3.00. The number of rotatable bonds is 2. The van der Waals surface area contributed by atoms with Crippen molar-refractivity contribution in [2.24, 2.45) is 17.6 Å². The quantitative estimate of drug-likeness (QED) is 0.244. The molecule has 5 rings (SSSR count). The maximum Gasteiger partial charge on any atom is 0.255 e. The molecule has 3 aliphatic carbocycles. The highest BCUT2D eigenvalue weighted by Gasteiger charge is 2.64. The van der Waals surface area contributed by atoms with Gasteiger partial charge >= 0.3 is 0 Å². The first-order valence-electron chi connectivity index (χ1n) is 12.2. The lowest BCUT2D eigenvalue weighted by Crippen LogP contribution is -2.65. The van der Waals surface area contributed by atoms with Crippen molar-refractivity contribution in [1.82, 2.24) is 4.90 Å². The number of phenols is 2. The number of hydrogen-bond acceptors (Lipinski definition) is 9. The molecule has 0 unspecified atom stereocenters. The number of aliphatic hydroxyl groups excluding tert-OH is 2. The molecule has 0 saturated heterocycles. The van der Waals surface area contributed by atoms with Gasteiger partial charge in [-0.1, -0.05) is 17.9 Å². The van der Waals surface area contributed by atoms with Crippen molar-refractivity contribution in [2.45, 2.75) is 24.5 Å². The normalized spacial score (nSPS) is 26.0. The van der Waals surface area contributed by atoms with Gasteiger partial charge < -0.3 is 31.3 Å². The number of nitrogens with zero attached hydrogens (tertiary/aromatic N) is 1. The van der Waals surface area contributed by atoms with Crippen LogP contribution in [0.3, 0.4) is 0 Å². The minimum atomic E-state index is -2.69. The Kier molecular flexibility index (Phi) is 6.01. The summed E-state index contributed by atoms with van der Waals surface area (Å²) in [5.74, 6) is -1.08. The Balaban J connectivity index is 1.69. The highest BCUT2D eigenvalue weighted by Crippen LogP contribution is 2.52. The molecule has 0 aliphatic heterocycles. The zero-order chi connectivity index (χ0) is 28.4. The van der Waals surface area contributed by atoms with Gasteiger partial charge in [0.25, 0.3) is 5.91 Å². The number of carbonyl (C=O) groups is 3. The highest BCUT2D eigenvalue weighted by molar-refractivity contribution is 6.24. The summed E-state index contributed by atoms with van der Waals surface area (Å²) >= 11 is 0. The van der Waals surface area contributed by atoms with Crippen LogP contribution in [0.1, 0.15) is 28.7 Å². The van der Waals surface area contributed by atoms with Crippen LogP contribution in [0.15, 0.2) is 53.3 Å². The van der Waals surface area contributed by atoms with E-state index >= 15 is 0 Å². The molecule has 4 atom stereocenters. The fourth-order valence-corrected chi connectivity index (χ4v) is 6.08. The molecule has 200 valence electrons. The van der Waals surface area contributed by atoms with E-state index < -0.39 is 58.0 Å². The lowest BCUT2D eigenvalue weighted by atomic mass is 9.57. The molecule has 2 aromatic rings. The van der Waals surface area contributed by atoms with Crippen molar-refractivity contribution in [1.29, 1.82) is 0 Å². The number of carbonyl (C=O) groups excluding carboxylic acids is 3. The van der Waals surface area contributed by atoms with Gasteiger partial charge in [0.15, 0.2) is 11.4 Å². The number of likely N-dealkylation sites (N-methyl/N-ethyl adjacent to an activating group) is 1. The lowest BCUT2D eigenvalue weighted by Gasteiger charge is -2.50. The summed E-state index contributed by atoms with van der Waals surface area (Å²) in [6.07, 6.45) is 0.119. The number of ketones is 2. The van der Waals surface area contributed by atoms with Gasteiger partial charge in [0.1, 0.15) is 28.6 Å². The molecule has 0 bridgehead atoms. The van der Waals surface area contributed by atoms with Crippen LogP contribution in [0, 0.1) is 23.7 Å². The smallest absolute Gasteiger partial charge is 0.255 e. The molecular formula is C29H26N2O8. The van der Waals surface area contributed by atoms with Crippen molar-refractivity contribution in [2.75, 3.05) is 14.1 Å². The minimum Gasteiger partial charge on any atom is -0.508 e. The lowest BCUT2D eigenvalue weighted by molar-refractivity contribution is -0.153. The van der Waals surface area contributed by atoms with E-state index in [1.165, 1.54) is 23.1 Å². The van der Waals surface area contributed by atoms with Crippen LogP contribution in [-0.4, -0.2) is 73.6 Å². The van der Waals surface area contributed by atoms with Gasteiger partial charge in [-0.2, -0.15) is 0 Å². The van der Waals surface area contributed by atoms with Crippen molar-refractivity contribution in [3.05, 3.63) is 75.6 Å². The molecule has 7 N–H and O–H groups in total. The van der Waals surface area contributed by atoms with E-state index in [2.05, 4.69) is 11.8 Å². The van der Waals surface area contributed by atoms with Gasteiger partial charge in [-0.3, -0.25) is 19.3 Å². The molecule has 10 nitrogen and oxygen atoms in total. The van der Waals surface area contributed by atoms with Crippen LogP contribution in [0.5, 0.6) is 11.5 Å². The second-order valence-electron chi connectivity index (χ2n) is 10.2. The summed E-state index contributed by atoms with van der Waals surface area (Å²) in [6, 6.07) is 8.07. The molecule has 0 spiro atoms. The van der Waals surface area contributed by atoms with Gasteiger partial charge in [0, 0.05) is 22.6 Å². The Morgan fingerprint density at radius 1 is 1.08 bits per heavy atom. The van der Waals surface area contributed by atoms with E-state index in [0.29, 0.717) is 16.7 Å². The molecule has 10 heteroatoms. The first-order valence-corrected chi connectivity index (χ1v) is 12.2. The maximum atomic E-state index is 13.9. The Morgan fingerprint density at radius 2 is 1.79 bits per heavy atom. The van der Waals surface area contributed by atoms with Gasteiger partial charge in [-0.05, 0) is 68.8 Å². The van der Waals surface area contributed by atoms with Crippen LogP contribution < -0.4 is 5.73 Å². The molecule has 2 aromatic carbocycles. The number of hydrogen-bond donors (Lipinski definition) is 6. The molecular weight excluding hydrogens is 504 g/mol. The molecule has 3 aliphatic rings. The average Bonchev–Trinajstić information content (AvgIpc) is 2.85. The molecule has 0 heterocycles. The third-order valence-corrected chi connectivity index (χ3v) is 7.79. The molecule has 0 aromatic heterocycles. The summed E-state index contributed by atoms with van der Waals surface area (Å²) in [7, 11) is 3.08. The number of Topliss-reactive ketones (excluding diaryl/α,β-unsaturated/α-hetero) is 2. The van der Waals surface area contributed by atoms with Crippen molar-refractivity contribution in [3.63, 3.8) is 0 Å². The van der Waals surface area contributed by atoms with E-state index in [1.54, 1.807) is 32.3 Å². The fraction of sp³-hybridized carbons (Fsp3) is 0.276. The largest absolute Gasteiger partial charge is 0.508 e. The minimum absolute atomic E-state index is 0.0131. The summed E-state index contributed by atoms with van der Waals surface area (Å²) in [6.45, 7) is 0. The Labute approximate surface area is 223 Å². The van der Waals surface area contributed by atoms with Crippen molar-refractivity contribution < 1.29 is 39.9 Å². The average molecular weight is 531 g/mol. The second-order valence-corrected chi connectivity index (χ2v) is 10.2. The number of aliphatic hydroxyl groups is 3. The maximum absolute atomic E-state index is 13.9. The van der Waals surface area contributed by atoms with Gasteiger partial charge in [-0.15, -0.1) is 0 Å². The van der Waals surface area contributed by atoms with E-state index in [9.17, 15) is 39.9 Å². The van der Waals surface area contributed by atoms with Crippen LogP contribution in [0.4, 0.5) is 0 Å². The summed E-state index contributed by atoms with van der Waals surface area (Å²) in [4.78, 5) is 40.5. The van der Waals surface area contributed by atoms with E-state index in [-0.39, 0.29) is 35.5 Å². The molecule has 1 amide bonds. The summed E-state index contributed by atoms with van der Waals surface area (Å²) in [5, 5.41) is 54.2. The Hall–Kier alpha value is -4.59. The van der Waals surface area contributed by atoms with E-state index in [0.717, 1.165) is 0 Å². The SMILES string of the molecule is CN(C)[C@@H]1C(=O)C(C(N)=O)=C(O)[C@@]2(O)C(=O)C3=C(O)c4c(O)ccc(C#Cc5cccc(O)c5)c4C[C@H]3C[C@@H]12. The number of primary amides is 1. The van der Waals surface area contributed by atoms with Gasteiger partial charge in [0.05, 0.1) is 11.6 Å². The van der Waals surface area contributed by atoms with Crippen LogP contribution in [0.25, 0.3) is 5.76 Å². The monoisotopic (exact) mass is 530 g/mol. The molecule has 1 fully saturated rings. The Bertz CT molecular complexity index is 1590. The Morgan fingerprint density at radius 3 is 2.44 bits per heavy atom. The van der Waals surface area contributed by atoms with Crippen LogP contribution in [-0.2, 0) is 20.8 Å². The van der Waals surface area contributed by atoms with E-state index in [1.807, 2.05) is 0 Å². The third-order valence-electron chi connectivity index (χ3n) is 7.79. The number of nitrogens with two attached hydrogens (primary N) is 1. The highest BCUT2D eigenvalue weighted by atomic mass is 16.3. The first-order chi connectivity index (χ1) is 18.4. The van der Waals surface area contributed by atoms with Gasteiger partial charge in [-0.25, -0.2) is 0 Å². The first kappa shape index (κ1) is 26.0. The van der Waals surface area contributed by atoms with Crippen LogP contribution in [0.2, 0.25) is 0 Å². The fourth-order valence-electron chi connectivity index (χ4n) is 6.08. The number of aromatic hydroxyl groups is 2. The summed E-state index contributed by atoms with van der Waals surface area (Å²) < 4.78 is 0. The predicted octanol–water partition coefficient (Wildman–Crippen LogP) is 1.07. The number of benzene rings is 2. The van der Waals surface area contributed by atoms with Crippen molar-refractivity contribution in [3.8, 4) is 23.3 Å². The second kappa shape index (κ2) is 9.01. The van der Waals surface area contributed by atoms with E-state index in [4.69, 9.17) is 5.73 Å². The van der Waals surface area contributed by atoms with Crippen LogP contribution >= 0.6 is 0 Å². The zero-order valence-electron chi connectivity index (χ0n) is 21.1. The topological polar surface area (TPSA) is 182 Å². The zero-order valence-corrected chi connectivity index (χ0v) is 21.1. The molecule has 39 heavy (non-hydrogen) atoms. The predicted molar refractivity (Wildman–Crippen MR) is 138 cm³/mol. The number of fused-ring (bicyclic) bond motifs is 3. The molecule has 1 saturated carbocycles.